The van der Waals surface area contributed by atoms with Crippen LogP contribution in [0.4, 0.5) is 0 Å². The molecule has 0 aliphatic rings. The molecule has 0 fully saturated rings. The standard InChI is InChI=1S/C28H31BrN2O5/c1-4-30-28(33)26(14-20-9-6-5-7-10-20)31(18-21-11-8-12-22(29)13-21)27(32)19-36-25-16-23(34-2)15-24(17-25)35-3/h5-13,15-17,26H,4,14,18-19H2,1-3H3,(H,30,33)/t26-/m1/s1. The summed E-state index contributed by atoms with van der Waals surface area (Å²) in [5, 5.41) is 2.89. The van der Waals surface area contributed by atoms with E-state index in [0.717, 1.165) is 15.6 Å². The van der Waals surface area contributed by atoms with Gasteiger partial charge >= 0.3 is 0 Å². The van der Waals surface area contributed by atoms with Crippen LogP contribution in [-0.2, 0) is 22.6 Å². The van der Waals surface area contributed by atoms with Crippen molar-refractivity contribution < 1.29 is 23.8 Å². The van der Waals surface area contributed by atoms with Crippen LogP contribution in [0, 0.1) is 0 Å². The molecule has 3 aromatic carbocycles. The largest absolute Gasteiger partial charge is 0.496 e. The van der Waals surface area contributed by atoms with Crippen molar-refractivity contribution >= 4 is 27.7 Å². The van der Waals surface area contributed by atoms with Gasteiger partial charge in [0.05, 0.1) is 14.2 Å². The summed E-state index contributed by atoms with van der Waals surface area (Å²) >= 11 is 3.49. The zero-order valence-electron chi connectivity index (χ0n) is 20.7. The molecule has 190 valence electrons. The van der Waals surface area contributed by atoms with E-state index in [4.69, 9.17) is 14.2 Å². The van der Waals surface area contributed by atoms with Crippen molar-refractivity contribution in [1.82, 2.24) is 10.2 Å². The predicted molar refractivity (Wildman–Crippen MR) is 142 cm³/mol. The number of amides is 2. The molecule has 0 heterocycles. The second-order valence-electron chi connectivity index (χ2n) is 8.09. The Hall–Kier alpha value is -3.52. The number of nitrogens with zero attached hydrogens (tertiary/aromatic N) is 1. The number of ether oxygens (including phenoxy) is 3. The summed E-state index contributed by atoms with van der Waals surface area (Å²) in [4.78, 5) is 28.4. The molecule has 1 N–H and O–H groups in total. The van der Waals surface area contributed by atoms with E-state index in [0.29, 0.717) is 30.2 Å². The van der Waals surface area contributed by atoms with Crippen LogP contribution in [0.2, 0.25) is 0 Å². The molecule has 3 rings (SSSR count). The molecule has 0 saturated carbocycles. The lowest BCUT2D eigenvalue weighted by atomic mass is 10.0. The zero-order valence-corrected chi connectivity index (χ0v) is 22.3. The first-order chi connectivity index (χ1) is 17.4. The third kappa shape index (κ3) is 7.75. The van der Waals surface area contributed by atoms with Gasteiger partial charge in [-0.1, -0.05) is 58.4 Å². The van der Waals surface area contributed by atoms with Crippen LogP contribution < -0.4 is 19.5 Å². The smallest absolute Gasteiger partial charge is 0.261 e. The number of rotatable bonds is 12. The van der Waals surface area contributed by atoms with Crippen molar-refractivity contribution in [1.29, 1.82) is 0 Å². The Bertz CT molecular complexity index is 1130. The van der Waals surface area contributed by atoms with Crippen LogP contribution >= 0.6 is 15.9 Å². The van der Waals surface area contributed by atoms with Crippen molar-refractivity contribution in [3.8, 4) is 17.2 Å². The molecule has 0 bridgehead atoms. The Balaban J connectivity index is 1.90. The maximum atomic E-state index is 13.6. The average Bonchev–Trinajstić information content (AvgIpc) is 2.89. The van der Waals surface area contributed by atoms with E-state index in [1.807, 2.05) is 61.5 Å². The lowest BCUT2D eigenvalue weighted by molar-refractivity contribution is -0.142. The van der Waals surface area contributed by atoms with E-state index < -0.39 is 6.04 Å². The summed E-state index contributed by atoms with van der Waals surface area (Å²) in [6.45, 7) is 2.31. The van der Waals surface area contributed by atoms with Crippen LogP contribution in [0.25, 0.3) is 0 Å². The molecule has 0 aromatic heterocycles. The molecule has 0 aliphatic heterocycles. The summed E-state index contributed by atoms with van der Waals surface area (Å²) in [6.07, 6.45) is 0.374. The Morgan fingerprint density at radius 3 is 2.14 bits per heavy atom. The topological polar surface area (TPSA) is 77.1 Å². The molecule has 2 amide bonds. The molecule has 7 nitrogen and oxygen atoms in total. The molecule has 36 heavy (non-hydrogen) atoms. The first-order valence-electron chi connectivity index (χ1n) is 11.6. The van der Waals surface area contributed by atoms with Crippen LogP contribution in [0.5, 0.6) is 17.2 Å². The van der Waals surface area contributed by atoms with Crippen LogP contribution in [0.15, 0.2) is 77.3 Å². The molecule has 1 atom stereocenters. The highest BCUT2D eigenvalue weighted by Gasteiger charge is 2.30. The van der Waals surface area contributed by atoms with E-state index in [9.17, 15) is 9.59 Å². The second-order valence-corrected chi connectivity index (χ2v) is 9.00. The minimum atomic E-state index is -0.720. The fourth-order valence-corrected chi connectivity index (χ4v) is 4.22. The number of methoxy groups -OCH3 is 2. The lowest BCUT2D eigenvalue weighted by Gasteiger charge is -2.31. The quantitative estimate of drug-likeness (QED) is 0.353. The number of carbonyl (C=O) groups excluding carboxylic acids is 2. The number of hydrogen-bond acceptors (Lipinski definition) is 5. The van der Waals surface area contributed by atoms with Crippen LogP contribution in [0.1, 0.15) is 18.1 Å². The van der Waals surface area contributed by atoms with Gasteiger partial charge < -0.3 is 24.4 Å². The average molecular weight is 555 g/mol. The second kappa shape index (κ2) is 13.5. The van der Waals surface area contributed by atoms with E-state index in [1.165, 1.54) is 0 Å². The maximum Gasteiger partial charge on any atom is 0.261 e. The first-order valence-corrected chi connectivity index (χ1v) is 12.4. The lowest BCUT2D eigenvalue weighted by Crippen LogP contribution is -2.51. The molecule has 0 unspecified atom stereocenters. The minimum Gasteiger partial charge on any atom is -0.496 e. The Labute approximate surface area is 220 Å². The Morgan fingerprint density at radius 1 is 0.889 bits per heavy atom. The monoisotopic (exact) mass is 554 g/mol. The van der Waals surface area contributed by atoms with Gasteiger partial charge in [-0.15, -0.1) is 0 Å². The van der Waals surface area contributed by atoms with Crippen molar-refractivity contribution in [3.63, 3.8) is 0 Å². The SMILES string of the molecule is CCNC(=O)[C@@H](Cc1ccccc1)N(Cc1cccc(Br)c1)C(=O)COc1cc(OC)cc(OC)c1. The molecule has 3 aromatic rings. The number of benzene rings is 3. The van der Waals surface area contributed by atoms with Crippen molar-refractivity contribution in [2.75, 3.05) is 27.4 Å². The number of hydrogen-bond donors (Lipinski definition) is 1. The van der Waals surface area contributed by atoms with Gasteiger partial charge in [0.2, 0.25) is 5.91 Å². The van der Waals surface area contributed by atoms with Crippen molar-refractivity contribution in [2.24, 2.45) is 0 Å². The fourth-order valence-electron chi connectivity index (χ4n) is 3.77. The van der Waals surface area contributed by atoms with Gasteiger partial charge in [-0.25, -0.2) is 0 Å². The van der Waals surface area contributed by atoms with E-state index >= 15 is 0 Å². The van der Waals surface area contributed by atoms with E-state index in [-0.39, 0.29) is 25.0 Å². The summed E-state index contributed by atoms with van der Waals surface area (Å²) in [7, 11) is 3.09. The molecule has 8 heteroatoms. The minimum absolute atomic E-state index is 0.215. The highest BCUT2D eigenvalue weighted by Crippen LogP contribution is 2.27. The predicted octanol–water partition coefficient (Wildman–Crippen LogP) is 4.62. The molecule has 0 saturated heterocycles. The summed E-state index contributed by atoms with van der Waals surface area (Å²) < 4.78 is 17.3. The van der Waals surface area contributed by atoms with Gasteiger partial charge in [0.25, 0.3) is 5.91 Å². The van der Waals surface area contributed by atoms with Gasteiger partial charge in [0, 0.05) is 42.2 Å². The van der Waals surface area contributed by atoms with Gasteiger partial charge in [-0.3, -0.25) is 9.59 Å². The summed E-state index contributed by atoms with van der Waals surface area (Å²) in [6, 6.07) is 21.7. The summed E-state index contributed by atoms with van der Waals surface area (Å²) in [5.41, 5.74) is 1.85. The molecular weight excluding hydrogens is 524 g/mol. The highest BCUT2D eigenvalue weighted by molar-refractivity contribution is 9.10. The van der Waals surface area contributed by atoms with Gasteiger partial charge in [0.15, 0.2) is 6.61 Å². The van der Waals surface area contributed by atoms with Crippen LogP contribution in [0.3, 0.4) is 0 Å². The Kier molecular flexibility index (Phi) is 10.2. The molecule has 0 spiro atoms. The third-order valence-corrected chi connectivity index (χ3v) is 6.04. The van der Waals surface area contributed by atoms with Gasteiger partial charge in [-0.05, 0) is 30.2 Å². The number of nitrogens with one attached hydrogen (secondary N) is 1. The molecule has 0 radical (unpaired) electrons. The zero-order chi connectivity index (χ0) is 25.9. The fraction of sp³-hybridized carbons (Fsp3) is 0.286. The first kappa shape index (κ1) is 27.1. The normalized spacial score (nSPS) is 11.3. The highest BCUT2D eigenvalue weighted by atomic mass is 79.9. The number of carbonyl (C=O) groups is 2. The third-order valence-electron chi connectivity index (χ3n) is 5.55. The number of halogens is 1. The summed E-state index contributed by atoms with van der Waals surface area (Å²) in [5.74, 6) is 0.996. The van der Waals surface area contributed by atoms with Gasteiger partial charge in [0.1, 0.15) is 23.3 Å². The molecule has 0 aliphatic carbocycles. The van der Waals surface area contributed by atoms with Gasteiger partial charge in [-0.2, -0.15) is 0 Å². The number of likely N-dealkylation sites (N-methyl/N-ethyl adjacent to an activating group) is 1. The Morgan fingerprint density at radius 2 is 1.53 bits per heavy atom. The maximum absolute atomic E-state index is 13.6. The van der Waals surface area contributed by atoms with Crippen molar-refractivity contribution in [3.05, 3.63) is 88.4 Å². The van der Waals surface area contributed by atoms with E-state index in [2.05, 4.69) is 21.2 Å². The van der Waals surface area contributed by atoms with E-state index in [1.54, 1.807) is 37.3 Å². The molecular formula is C28H31BrN2O5. The van der Waals surface area contributed by atoms with Crippen molar-refractivity contribution in [2.45, 2.75) is 25.9 Å². The van der Waals surface area contributed by atoms with Crippen LogP contribution in [-0.4, -0.2) is 50.1 Å².